The number of benzene rings is 1. The molecule has 0 radical (unpaired) electrons. The molecule has 0 unspecified atom stereocenters. The Morgan fingerprint density at radius 2 is 1.92 bits per heavy atom. The van der Waals surface area contributed by atoms with Crippen LogP contribution in [0.4, 0.5) is 0 Å². The molecular weight excluding hydrogens is 364 g/mol. The molecule has 0 saturated carbocycles. The van der Waals surface area contributed by atoms with Crippen LogP contribution < -0.4 is 10.1 Å². The van der Waals surface area contributed by atoms with Gasteiger partial charge in [-0.1, -0.05) is 24.9 Å². The molecule has 6 nitrogen and oxygen atoms in total. The van der Waals surface area contributed by atoms with E-state index in [-0.39, 0.29) is 24.3 Å². The summed E-state index contributed by atoms with van der Waals surface area (Å²) in [5.74, 6) is 0.578. The van der Waals surface area contributed by atoms with Gasteiger partial charge in [-0.2, -0.15) is 0 Å². The molecule has 1 aromatic rings. The van der Waals surface area contributed by atoms with E-state index in [0.29, 0.717) is 43.1 Å². The van der Waals surface area contributed by atoms with Gasteiger partial charge >= 0.3 is 0 Å². The number of carbonyl (C=O) groups excluding carboxylic acids is 1. The molecule has 0 bridgehead atoms. The van der Waals surface area contributed by atoms with Gasteiger partial charge in [0.1, 0.15) is 5.75 Å². The number of halogens is 1. The fourth-order valence-corrected chi connectivity index (χ4v) is 4.49. The van der Waals surface area contributed by atoms with E-state index in [4.69, 9.17) is 16.3 Å². The number of carbonyl (C=O) groups is 1. The second-order valence-corrected chi connectivity index (χ2v) is 8.68. The second-order valence-electron chi connectivity index (χ2n) is 6.15. The van der Waals surface area contributed by atoms with Crippen LogP contribution in [0.5, 0.6) is 5.75 Å². The van der Waals surface area contributed by atoms with Crippen LogP contribution in [0.25, 0.3) is 0 Å². The van der Waals surface area contributed by atoms with E-state index in [9.17, 15) is 13.2 Å². The number of nitrogens with one attached hydrogen (secondary N) is 1. The summed E-state index contributed by atoms with van der Waals surface area (Å²) in [5, 5.41) is 3.51. The lowest BCUT2D eigenvalue weighted by atomic mass is 10.1. The highest BCUT2D eigenvalue weighted by Crippen LogP contribution is 2.17. The monoisotopic (exact) mass is 388 g/mol. The number of nitrogens with zero attached hydrogens (tertiary/aromatic N) is 1. The quantitative estimate of drug-likeness (QED) is 0.742. The summed E-state index contributed by atoms with van der Waals surface area (Å²) in [4.78, 5) is 12.0. The number of hydrogen-bond acceptors (Lipinski definition) is 4. The van der Waals surface area contributed by atoms with Crippen LogP contribution in [0.2, 0.25) is 5.02 Å². The maximum Gasteiger partial charge on any atom is 0.258 e. The van der Waals surface area contributed by atoms with E-state index >= 15 is 0 Å². The molecule has 1 saturated heterocycles. The van der Waals surface area contributed by atoms with Crippen LogP contribution in [0, 0.1) is 0 Å². The lowest BCUT2D eigenvalue weighted by molar-refractivity contribution is -0.124. The Morgan fingerprint density at radius 1 is 1.28 bits per heavy atom. The molecule has 25 heavy (non-hydrogen) atoms. The van der Waals surface area contributed by atoms with E-state index in [1.165, 1.54) is 4.31 Å². The van der Waals surface area contributed by atoms with Crippen molar-refractivity contribution in [2.75, 3.05) is 25.4 Å². The van der Waals surface area contributed by atoms with Crippen molar-refractivity contribution in [1.29, 1.82) is 0 Å². The van der Waals surface area contributed by atoms with Gasteiger partial charge in [0.2, 0.25) is 10.0 Å². The van der Waals surface area contributed by atoms with Crippen molar-refractivity contribution >= 4 is 27.5 Å². The van der Waals surface area contributed by atoms with Crippen LogP contribution in [0.3, 0.4) is 0 Å². The molecule has 0 spiro atoms. The predicted molar refractivity (Wildman–Crippen MR) is 98.4 cm³/mol. The lowest BCUT2D eigenvalue weighted by Gasteiger charge is -2.31. The molecule has 1 N–H and O–H groups in total. The Kier molecular flexibility index (Phi) is 7.53. The first-order valence-corrected chi connectivity index (χ1v) is 10.5. The molecule has 140 valence electrons. The Morgan fingerprint density at radius 3 is 2.52 bits per heavy atom. The van der Waals surface area contributed by atoms with Gasteiger partial charge in [-0.25, -0.2) is 12.7 Å². The third-order valence-electron chi connectivity index (χ3n) is 4.15. The highest BCUT2D eigenvalue weighted by Gasteiger charge is 2.28. The van der Waals surface area contributed by atoms with Crippen LogP contribution >= 0.6 is 11.6 Å². The van der Waals surface area contributed by atoms with Gasteiger partial charge in [0.05, 0.1) is 5.75 Å². The van der Waals surface area contributed by atoms with Gasteiger partial charge in [0.15, 0.2) is 6.61 Å². The van der Waals surface area contributed by atoms with Crippen molar-refractivity contribution in [3.05, 3.63) is 29.3 Å². The van der Waals surface area contributed by atoms with Crippen LogP contribution in [0.1, 0.15) is 32.6 Å². The number of hydrogen-bond donors (Lipinski definition) is 1. The van der Waals surface area contributed by atoms with Crippen molar-refractivity contribution < 1.29 is 17.9 Å². The Balaban J connectivity index is 1.72. The molecule has 0 aromatic heterocycles. The summed E-state index contributed by atoms with van der Waals surface area (Å²) in [7, 11) is -3.16. The van der Waals surface area contributed by atoms with Gasteiger partial charge in [0, 0.05) is 24.2 Å². The summed E-state index contributed by atoms with van der Waals surface area (Å²) in [5.41, 5.74) is 0. The Hall–Kier alpha value is -1.31. The first-order chi connectivity index (χ1) is 11.9. The van der Waals surface area contributed by atoms with E-state index in [1.54, 1.807) is 24.3 Å². The molecule has 0 aliphatic carbocycles. The van der Waals surface area contributed by atoms with E-state index in [0.717, 1.165) is 6.42 Å². The Labute approximate surface area is 154 Å². The van der Waals surface area contributed by atoms with Gasteiger partial charge in [0.25, 0.3) is 5.91 Å². The van der Waals surface area contributed by atoms with Crippen LogP contribution in [0.15, 0.2) is 24.3 Å². The second kappa shape index (κ2) is 9.40. The summed E-state index contributed by atoms with van der Waals surface area (Å²) >= 11 is 5.79. The molecule has 1 aliphatic heterocycles. The minimum absolute atomic E-state index is 0.0149. The summed E-state index contributed by atoms with van der Waals surface area (Å²) < 4.78 is 31.3. The topological polar surface area (TPSA) is 75.7 Å². The molecule has 1 heterocycles. The maximum atomic E-state index is 12.2. The van der Waals surface area contributed by atoms with Crippen molar-refractivity contribution in [2.24, 2.45) is 0 Å². The minimum atomic E-state index is -3.16. The zero-order valence-corrected chi connectivity index (χ0v) is 16.0. The summed E-state index contributed by atoms with van der Waals surface area (Å²) in [6.07, 6.45) is 2.79. The lowest BCUT2D eigenvalue weighted by Crippen LogP contribution is -2.47. The standard InChI is InChI=1S/C17H25ClN2O4S/c1-2-3-12-25(22,23)20-10-8-15(9-11-20)19-17(21)13-24-16-6-4-14(18)5-7-16/h4-7,15H,2-3,8-13H2,1H3,(H,19,21). The van der Waals surface area contributed by atoms with Crippen LogP contribution in [-0.4, -0.2) is 50.1 Å². The van der Waals surface area contributed by atoms with Crippen molar-refractivity contribution in [3.8, 4) is 5.75 Å². The number of piperidine rings is 1. The largest absolute Gasteiger partial charge is 0.484 e. The Bertz CT molecular complexity index is 656. The number of amides is 1. The normalized spacial score (nSPS) is 16.6. The smallest absolute Gasteiger partial charge is 0.258 e. The first-order valence-electron chi connectivity index (χ1n) is 8.56. The zero-order chi connectivity index (χ0) is 18.3. The van der Waals surface area contributed by atoms with Gasteiger partial charge in [-0.05, 0) is 43.5 Å². The van der Waals surface area contributed by atoms with E-state index in [2.05, 4.69) is 5.32 Å². The van der Waals surface area contributed by atoms with Gasteiger partial charge in [-0.15, -0.1) is 0 Å². The SMILES string of the molecule is CCCCS(=O)(=O)N1CCC(NC(=O)COc2ccc(Cl)cc2)CC1. The molecule has 1 aromatic carbocycles. The zero-order valence-electron chi connectivity index (χ0n) is 14.4. The molecule has 8 heteroatoms. The fraction of sp³-hybridized carbons (Fsp3) is 0.588. The number of ether oxygens (including phenoxy) is 1. The summed E-state index contributed by atoms with van der Waals surface area (Å²) in [6.45, 7) is 2.81. The molecule has 2 rings (SSSR count). The van der Waals surface area contributed by atoms with Gasteiger partial charge < -0.3 is 10.1 Å². The third-order valence-corrected chi connectivity index (χ3v) is 6.36. The van der Waals surface area contributed by atoms with Crippen molar-refractivity contribution in [2.45, 2.75) is 38.6 Å². The van der Waals surface area contributed by atoms with Crippen LogP contribution in [-0.2, 0) is 14.8 Å². The average Bonchev–Trinajstić information content (AvgIpc) is 2.60. The van der Waals surface area contributed by atoms with Gasteiger partial charge in [-0.3, -0.25) is 4.79 Å². The molecule has 1 aliphatic rings. The highest BCUT2D eigenvalue weighted by atomic mass is 35.5. The number of unbranched alkanes of at least 4 members (excludes halogenated alkanes) is 1. The van der Waals surface area contributed by atoms with Crippen molar-refractivity contribution in [1.82, 2.24) is 9.62 Å². The fourth-order valence-electron chi connectivity index (χ4n) is 2.68. The van der Waals surface area contributed by atoms with E-state index in [1.807, 2.05) is 6.92 Å². The van der Waals surface area contributed by atoms with E-state index < -0.39 is 10.0 Å². The third kappa shape index (κ3) is 6.49. The predicted octanol–water partition coefficient (Wildman–Crippen LogP) is 2.43. The number of sulfonamides is 1. The molecule has 1 amide bonds. The highest BCUT2D eigenvalue weighted by molar-refractivity contribution is 7.89. The minimum Gasteiger partial charge on any atom is -0.484 e. The number of rotatable bonds is 8. The summed E-state index contributed by atoms with van der Waals surface area (Å²) in [6, 6.07) is 6.79. The molecule has 0 atom stereocenters. The first kappa shape index (κ1) is 20.0. The molecule has 1 fully saturated rings. The average molecular weight is 389 g/mol. The van der Waals surface area contributed by atoms with Crippen molar-refractivity contribution in [3.63, 3.8) is 0 Å². The molecular formula is C17H25ClN2O4S. The maximum absolute atomic E-state index is 12.2.